The van der Waals surface area contributed by atoms with E-state index in [2.05, 4.69) is 21.6 Å². The van der Waals surface area contributed by atoms with Crippen LogP contribution in [-0.2, 0) is 35.9 Å². The van der Waals surface area contributed by atoms with E-state index in [1.807, 2.05) is 88.5 Å². The average molecular weight is 773 g/mol. The molecule has 0 spiro atoms. The lowest BCUT2D eigenvalue weighted by Crippen LogP contribution is -2.28. The topological polar surface area (TPSA) is 155 Å². The SMILES string of the molecule is CC1(C)C(/C=C/C=C/C=C2/N(CCCCCC(=O)O)c3ccc(S(=O)(=O)O)cc3C2(C)C)=[N+](CCCC2=C/C=C\C=C/C=C2)c2ccc(S(=O)(=O)[O-])cc21. The van der Waals surface area contributed by atoms with Crippen LogP contribution in [0.4, 0.5) is 11.4 Å². The molecule has 0 bridgehead atoms. The Morgan fingerprint density at radius 2 is 1.54 bits per heavy atom. The van der Waals surface area contributed by atoms with Crippen molar-refractivity contribution >= 4 is 43.3 Å². The van der Waals surface area contributed by atoms with Crippen LogP contribution in [-0.4, -0.2) is 60.4 Å². The Morgan fingerprint density at radius 1 is 0.833 bits per heavy atom. The third-order valence-corrected chi connectivity index (χ3v) is 11.9. The third-order valence-electron chi connectivity index (χ3n) is 10.2. The van der Waals surface area contributed by atoms with E-state index >= 15 is 0 Å². The molecule has 0 radical (unpaired) electrons. The second-order valence-electron chi connectivity index (χ2n) is 14.7. The van der Waals surface area contributed by atoms with Crippen molar-refractivity contribution in [3.8, 4) is 0 Å². The fourth-order valence-corrected chi connectivity index (χ4v) is 8.41. The van der Waals surface area contributed by atoms with Gasteiger partial charge in [0.05, 0.1) is 15.2 Å². The van der Waals surface area contributed by atoms with Crippen LogP contribution in [0.3, 0.4) is 0 Å². The molecular weight excluding hydrogens is 725 g/mol. The number of allylic oxidation sites excluding steroid dienone is 14. The number of benzene rings is 2. The van der Waals surface area contributed by atoms with Crippen LogP contribution in [0.25, 0.3) is 0 Å². The molecule has 10 nitrogen and oxygen atoms in total. The zero-order valence-corrected chi connectivity index (χ0v) is 32.7. The minimum atomic E-state index is -4.65. The highest BCUT2D eigenvalue weighted by Crippen LogP contribution is 2.48. The molecule has 5 rings (SSSR count). The summed E-state index contributed by atoms with van der Waals surface area (Å²) in [6.07, 6.45) is 27.6. The van der Waals surface area contributed by atoms with Gasteiger partial charge in [-0.3, -0.25) is 9.35 Å². The second kappa shape index (κ2) is 16.4. The van der Waals surface area contributed by atoms with E-state index < -0.39 is 37.0 Å². The number of unbranched alkanes of at least 4 members (excludes halogenated alkanes) is 2. The molecule has 0 amide bonds. The molecule has 1 aliphatic carbocycles. The van der Waals surface area contributed by atoms with Gasteiger partial charge < -0.3 is 14.6 Å². The van der Waals surface area contributed by atoms with Crippen molar-refractivity contribution in [2.24, 2.45) is 0 Å². The molecule has 0 atom stereocenters. The van der Waals surface area contributed by atoms with Crippen molar-refractivity contribution in [3.05, 3.63) is 132 Å². The molecule has 2 heterocycles. The molecule has 3 aliphatic rings. The number of carboxylic acids is 1. The number of fused-ring (bicyclic) bond motifs is 2. The molecule has 2 aliphatic heterocycles. The number of carboxylic acid groups (broad SMARTS) is 1. The van der Waals surface area contributed by atoms with E-state index in [1.54, 1.807) is 12.1 Å². The Morgan fingerprint density at radius 3 is 2.26 bits per heavy atom. The van der Waals surface area contributed by atoms with E-state index in [0.717, 1.165) is 53.2 Å². The van der Waals surface area contributed by atoms with Crippen molar-refractivity contribution in [2.45, 2.75) is 86.8 Å². The summed E-state index contributed by atoms with van der Waals surface area (Å²) >= 11 is 0. The largest absolute Gasteiger partial charge is 0.744 e. The Balaban J connectivity index is 1.45. The highest BCUT2D eigenvalue weighted by Gasteiger charge is 2.44. The van der Waals surface area contributed by atoms with Gasteiger partial charge >= 0.3 is 5.97 Å². The summed E-state index contributed by atoms with van der Waals surface area (Å²) in [5, 5.41) is 9.05. The Labute approximate surface area is 319 Å². The summed E-state index contributed by atoms with van der Waals surface area (Å²) in [6, 6.07) is 9.19. The number of hydrogen-bond donors (Lipinski definition) is 2. The minimum absolute atomic E-state index is 0.0969. The van der Waals surface area contributed by atoms with E-state index in [9.17, 15) is 30.7 Å². The monoisotopic (exact) mass is 772 g/mol. The highest BCUT2D eigenvalue weighted by molar-refractivity contribution is 7.86. The van der Waals surface area contributed by atoms with Crippen molar-refractivity contribution in [2.75, 3.05) is 18.0 Å². The summed E-state index contributed by atoms with van der Waals surface area (Å²) in [4.78, 5) is 12.7. The van der Waals surface area contributed by atoms with Crippen molar-refractivity contribution in [1.82, 2.24) is 0 Å². The normalized spacial score (nSPS) is 19.6. The summed E-state index contributed by atoms with van der Waals surface area (Å²) in [7, 11) is -9.06. The summed E-state index contributed by atoms with van der Waals surface area (Å²) in [5.74, 6) is -0.832. The van der Waals surface area contributed by atoms with E-state index in [-0.39, 0.29) is 16.2 Å². The zero-order valence-electron chi connectivity index (χ0n) is 31.1. The first-order valence-corrected chi connectivity index (χ1v) is 20.9. The smallest absolute Gasteiger partial charge is 0.303 e. The lowest BCUT2D eigenvalue weighted by atomic mass is 9.81. The van der Waals surface area contributed by atoms with Gasteiger partial charge in [-0.1, -0.05) is 81.0 Å². The third kappa shape index (κ3) is 9.18. The van der Waals surface area contributed by atoms with Crippen LogP contribution in [0.5, 0.6) is 0 Å². The molecule has 0 fully saturated rings. The lowest BCUT2D eigenvalue weighted by Gasteiger charge is -2.27. The Bertz CT molecular complexity index is 2270. The molecule has 0 saturated carbocycles. The summed E-state index contributed by atoms with van der Waals surface area (Å²) in [6.45, 7) is 9.29. The molecular formula is C42H48N2O8S2. The molecule has 2 aromatic carbocycles. The van der Waals surface area contributed by atoms with E-state index in [1.165, 1.54) is 29.8 Å². The van der Waals surface area contributed by atoms with Crippen LogP contribution in [0.15, 0.2) is 130 Å². The number of rotatable bonds is 15. The van der Waals surface area contributed by atoms with Crippen LogP contribution in [0, 0.1) is 0 Å². The minimum Gasteiger partial charge on any atom is -0.744 e. The van der Waals surface area contributed by atoms with Gasteiger partial charge in [0.15, 0.2) is 5.71 Å². The van der Waals surface area contributed by atoms with Gasteiger partial charge in [0.25, 0.3) is 10.1 Å². The van der Waals surface area contributed by atoms with Gasteiger partial charge in [0.2, 0.25) is 5.69 Å². The zero-order chi connectivity index (χ0) is 39.3. The Kier molecular flexibility index (Phi) is 12.3. The first-order valence-electron chi connectivity index (χ1n) is 18.0. The Hall–Kier alpha value is -4.62. The molecule has 54 heavy (non-hydrogen) atoms. The molecule has 12 heteroatoms. The molecule has 2 aromatic rings. The van der Waals surface area contributed by atoms with E-state index in [0.29, 0.717) is 25.9 Å². The maximum atomic E-state index is 12.0. The number of carbonyl (C=O) groups is 1. The number of nitrogens with zero attached hydrogens (tertiary/aromatic N) is 2. The number of aliphatic carboxylic acids is 1. The van der Waals surface area contributed by atoms with Crippen LogP contribution >= 0.6 is 0 Å². The standard InChI is InChI=1S/C42H48N2O8S2/c1-41(2)34-29-32(53(47,48)49)23-25-36(34)43(27-15-9-14-22-40(45)46)38(41)20-12-8-13-21-39-42(3,4)35-30-33(54(50,51)52)24-26-37(35)44(39)28-16-19-31-17-10-6-5-7-11-18-31/h5-8,10-13,17-18,20-21,23-26,29-30H,9,14-16,19,22,27-28H2,1-4H3,(H2-,45,46,47,48,49,50,51,52)/b6-5-,7-5?,10-6?,11-7-,17-10?,18-11?,31-17?,31-18?. The predicted octanol–water partition coefficient (Wildman–Crippen LogP) is 8.04. The van der Waals surface area contributed by atoms with E-state index in [4.69, 9.17) is 5.11 Å². The predicted molar refractivity (Wildman–Crippen MR) is 211 cm³/mol. The van der Waals surface area contributed by atoms with Gasteiger partial charge in [-0.15, -0.1) is 0 Å². The molecule has 286 valence electrons. The van der Waals surface area contributed by atoms with Gasteiger partial charge in [-0.25, -0.2) is 8.42 Å². The molecule has 0 unspecified atom stereocenters. The maximum Gasteiger partial charge on any atom is 0.303 e. The second-order valence-corrected chi connectivity index (χ2v) is 17.5. The van der Waals surface area contributed by atoms with Gasteiger partial charge in [0.1, 0.15) is 16.7 Å². The number of hydrogen-bond acceptors (Lipinski definition) is 7. The lowest BCUT2D eigenvalue weighted by molar-refractivity contribution is -0.438. The fraction of sp³-hybridized carbons (Fsp3) is 0.333. The average Bonchev–Trinajstić information content (AvgIpc) is 3.42. The van der Waals surface area contributed by atoms with Crippen molar-refractivity contribution in [3.63, 3.8) is 0 Å². The highest BCUT2D eigenvalue weighted by atomic mass is 32.2. The van der Waals surface area contributed by atoms with Crippen LogP contribution < -0.4 is 4.90 Å². The molecule has 0 saturated heterocycles. The molecule has 0 aromatic heterocycles. The molecule has 2 N–H and O–H groups in total. The van der Waals surface area contributed by atoms with Gasteiger partial charge in [-0.2, -0.15) is 13.0 Å². The summed E-state index contributed by atoms with van der Waals surface area (Å²) in [5.41, 5.74) is 5.05. The first-order chi connectivity index (χ1) is 25.4. The maximum absolute atomic E-state index is 12.0. The van der Waals surface area contributed by atoms with Crippen molar-refractivity contribution < 1.29 is 40.4 Å². The fourth-order valence-electron chi connectivity index (χ4n) is 7.40. The number of anilines is 1. The van der Waals surface area contributed by atoms with Crippen molar-refractivity contribution in [1.29, 1.82) is 0 Å². The summed E-state index contributed by atoms with van der Waals surface area (Å²) < 4.78 is 71.9. The van der Waals surface area contributed by atoms with Gasteiger partial charge in [-0.05, 0) is 80.7 Å². The van der Waals surface area contributed by atoms with Gasteiger partial charge in [0, 0.05) is 53.9 Å². The van der Waals surface area contributed by atoms with Crippen LogP contribution in [0.1, 0.15) is 77.3 Å². The van der Waals surface area contributed by atoms with Crippen LogP contribution in [0.2, 0.25) is 0 Å². The first kappa shape index (κ1) is 40.6. The quantitative estimate of drug-likeness (QED) is 0.0792.